The van der Waals surface area contributed by atoms with Crippen LogP contribution in [0.15, 0.2) is 71.1 Å². The summed E-state index contributed by atoms with van der Waals surface area (Å²) < 4.78 is 40.9. The fourth-order valence-electron chi connectivity index (χ4n) is 5.39. The number of carbonyl (C=O) groups is 2. The molecule has 1 amide bonds. The zero-order valence-corrected chi connectivity index (χ0v) is 30.2. The molecule has 1 radical (unpaired) electrons. The average Bonchev–Trinajstić information content (AvgIpc) is 3.81. The number of nitriles is 1. The van der Waals surface area contributed by atoms with Crippen molar-refractivity contribution in [2.75, 3.05) is 25.5 Å². The molecule has 0 bridgehead atoms. The summed E-state index contributed by atoms with van der Waals surface area (Å²) >= 11 is 1.18. The minimum absolute atomic E-state index is 0. The van der Waals surface area contributed by atoms with Crippen LogP contribution < -0.4 is 33.5 Å². The third-order valence-corrected chi connectivity index (χ3v) is 8.80. The predicted octanol–water partition coefficient (Wildman–Crippen LogP) is 2.24. The van der Waals surface area contributed by atoms with Crippen molar-refractivity contribution in [3.8, 4) is 17.3 Å². The number of hydrogen-bond acceptors (Lipinski definition) is 12. The van der Waals surface area contributed by atoms with Crippen LogP contribution in [0.5, 0.6) is 0 Å². The number of aromatic nitrogens is 1. The molecule has 1 aromatic heterocycles. The molecule has 1 aliphatic heterocycles. The molecule has 0 fully saturated rings. The number of aliphatic hydroxyl groups is 1. The predicted molar refractivity (Wildman–Crippen MR) is 190 cm³/mol. The van der Waals surface area contributed by atoms with Crippen molar-refractivity contribution in [1.29, 1.82) is 5.26 Å². The van der Waals surface area contributed by atoms with Crippen LogP contribution in [0.2, 0.25) is 0 Å². The number of nitrogens with one attached hydrogen (secondary N) is 3. The first-order valence-electron chi connectivity index (χ1n) is 15.4. The number of anilines is 1. The average molecular weight is 774 g/mol. The second-order valence-corrected chi connectivity index (χ2v) is 12.2. The van der Waals surface area contributed by atoms with Crippen LogP contribution in [0.3, 0.4) is 0 Å². The van der Waals surface area contributed by atoms with E-state index in [1.807, 2.05) is 6.92 Å². The summed E-state index contributed by atoms with van der Waals surface area (Å²) in [7, 11) is 1.62. The van der Waals surface area contributed by atoms with Gasteiger partial charge < -0.3 is 32.3 Å². The molecule has 3 aromatic carbocycles. The van der Waals surface area contributed by atoms with Gasteiger partial charge >= 0.3 is 17.9 Å². The standard InChI is InChI=1S/C35H33F2N7O5S.2ClH/c1-21-3-10-29(24(13-21)18-49-32(45)17-39-2)43-34(46)48-12-11-26(33-42-30(19-50-33)23-6-4-22(16-38)5-7-23)35(47,15-31-40-20-41-44-31)27-14-25(36)8-9-28(27)37;;/h3-10,13-14,19-20,26,39,47H,11-12,15,17-18H2,1-2H3,(H,41,44)(H,43,46);2*1H/q+1;;/p-1/t26-,35+;;/m0../s1. The number of rotatable bonds is 14. The zero-order chi connectivity index (χ0) is 35.7. The fourth-order valence-corrected chi connectivity index (χ4v) is 6.44. The Hall–Kier alpha value is -4.98. The third kappa shape index (κ3) is 10.3. The van der Waals surface area contributed by atoms with Gasteiger partial charge in [-0.15, -0.1) is 29.2 Å². The second kappa shape index (κ2) is 19.0. The highest BCUT2D eigenvalue weighted by molar-refractivity contribution is 7.10. The van der Waals surface area contributed by atoms with Crippen molar-refractivity contribution in [1.82, 2.24) is 20.7 Å². The molecule has 0 spiro atoms. The lowest BCUT2D eigenvalue weighted by Gasteiger charge is -2.34. The topological polar surface area (TPSA) is 172 Å². The summed E-state index contributed by atoms with van der Waals surface area (Å²) in [6, 6.07) is 16.8. The fraction of sp³-hybridized carbons (Fsp3) is 0.257. The van der Waals surface area contributed by atoms with E-state index in [4.69, 9.17) is 14.5 Å². The van der Waals surface area contributed by atoms with Gasteiger partial charge in [-0.3, -0.25) is 10.1 Å². The minimum atomic E-state index is -2.16. The van der Waals surface area contributed by atoms with Crippen LogP contribution in [0, 0.1) is 29.9 Å². The van der Waals surface area contributed by atoms with Gasteiger partial charge in [-0.25, -0.2) is 18.6 Å². The quantitative estimate of drug-likeness (QED) is 0.140. The molecule has 17 heteroatoms. The van der Waals surface area contributed by atoms with Crippen LogP contribution in [-0.4, -0.2) is 54.5 Å². The maximum Gasteiger partial charge on any atom is 0.411 e. The SMILES string of the molecule is CNCC(=O)OCc1cc(C)ccc1NC(=O)OCC[C@@H](c1nc(-c2ccc(C#N)cc2)cs1)[C@](O)(CC1=NNC=[N+]1)c1cc(F)ccc1F.Cl.[Cl-]. The van der Waals surface area contributed by atoms with Crippen LogP contribution in [0.4, 0.5) is 19.3 Å². The summed E-state index contributed by atoms with van der Waals surface area (Å²) in [6.45, 7) is 1.52. The molecule has 12 nitrogen and oxygen atoms in total. The number of esters is 1. The summed E-state index contributed by atoms with van der Waals surface area (Å²) in [5.41, 5.74) is 3.55. The molecule has 52 heavy (non-hydrogen) atoms. The molecule has 2 heterocycles. The molecule has 0 saturated heterocycles. The van der Waals surface area contributed by atoms with Gasteiger partial charge in [0.2, 0.25) is 0 Å². The highest BCUT2D eigenvalue weighted by Crippen LogP contribution is 2.45. The number of carbonyl (C=O) groups excluding carboxylic acids is 2. The molecule has 0 aliphatic carbocycles. The molecule has 0 unspecified atom stereocenters. The highest BCUT2D eigenvalue weighted by atomic mass is 35.5. The highest BCUT2D eigenvalue weighted by Gasteiger charge is 2.46. The van der Waals surface area contributed by atoms with Crippen molar-refractivity contribution in [2.24, 2.45) is 5.10 Å². The van der Waals surface area contributed by atoms with E-state index in [1.54, 1.807) is 54.9 Å². The summed E-state index contributed by atoms with van der Waals surface area (Å²) in [6.07, 6.45) is 0.0567. The van der Waals surface area contributed by atoms with Gasteiger partial charge in [-0.1, -0.05) is 34.8 Å². The summed E-state index contributed by atoms with van der Waals surface area (Å²) in [5.74, 6) is -3.02. The van der Waals surface area contributed by atoms with E-state index in [9.17, 15) is 24.3 Å². The van der Waals surface area contributed by atoms with Gasteiger partial charge in [0.1, 0.15) is 23.8 Å². The van der Waals surface area contributed by atoms with E-state index >= 15 is 4.39 Å². The van der Waals surface area contributed by atoms with Crippen molar-refractivity contribution < 1.29 is 45.4 Å². The molecule has 5 rings (SSSR count). The number of thiazole rings is 1. The van der Waals surface area contributed by atoms with E-state index in [0.717, 1.165) is 23.8 Å². The first-order chi connectivity index (χ1) is 24.1. The van der Waals surface area contributed by atoms with Gasteiger partial charge in [0.15, 0.2) is 0 Å². The van der Waals surface area contributed by atoms with E-state index in [2.05, 4.69) is 32.2 Å². The number of hydrogen-bond donors (Lipinski definition) is 4. The molecule has 4 aromatic rings. The van der Waals surface area contributed by atoms with Crippen LogP contribution in [0.1, 0.15) is 46.0 Å². The van der Waals surface area contributed by atoms with Gasteiger partial charge in [0, 0.05) is 33.1 Å². The van der Waals surface area contributed by atoms with Gasteiger partial charge in [0.25, 0.3) is 6.34 Å². The Morgan fingerprint density at radius 3 is 2.60 bits per heavy atom. The van der Waals surface area contributed by atoms with Crippen molar-refractivity contribution in [3.63, 3.8) is 0 Å². The minimum Gasteiger partial charge on any atom is -1.00 e. The van der Waals surface area contributed by atoms with Crippen LogP contribution in [-0.2, 0) is 26.5 Å². The van der Waals surface area contributed by atoms with Gasteiger partial charge in [-0.05, 0) is 56.8 Å². The first-order valence-corrected chi connectivity index (χ1v) is 16.3. The van der Waals surface area contributed by atoms with E-state index < -0.39 is 35.2 Å². The number of hydrazone groups is 1. The lowest BCUT2D eigenvalue weighted by Crippen LogP contribution is -3.00. The summed E-state index contributed by atoms with van der Waals surface area (Å²) in [5, 5.41) is 33.2. The Morgan fingerprint density at radius 2 is 1.90 bits per heavy atom. The number of aryl methyl sites for hydroxylation is 1. The summed E-state index contributed by atoms with van der Waals surface area (Å²) in [4.78, 5) is 33.8. The smallest absolute Gasteiger partial charge is 0.411 e. The van der Waals surface area contributed by atoms with Gasteiger partial charge in [0.05, 0.1) is 47.6 Å². The zero-order valence-electron chi connectivity index (χ0n) is 27.9. The molecule has 4 N–H and O–H groups in total. The van der Waals surface area contributed by atoms with Crippen LogP contribution >= 0.6 is 23.7 Å². The number of likely N-dealkylation sites (N-methyl/N-ethyl adjacent to an activating group) is 1. The first kappa shape index (κ1) is 41.4. The molecule has 0 saturated carbocycles. The molecule has 2 atom stereocenters. The maximum atomic E-state index is 15.5. The number of nitrogens with zero attached hydrogens (tertiary/aromatic N) is 4. The van der Waals surface area contributed by atoms with E-state index in [0.29, 0.717) is 33.1 Å². The van der Waals surface area contributed by atoms with Crippen molar-refractivity contribution in [3.05, 3.63) is 105 Å². The number of amides is 1. The largest absolute Gasteiger partial charge is 1.00 e. The molecular formula is C35H34Cl2F2N7O5S. The van der Waals surface area contributed by atoms with Crippen molar-refractivity contribution >= 4 is 53.7 Å². The molecule has 273 valence electrons. The van der Waals surface area contributed by atoms with E-state index in [1.165, 1.54) is 17.7 Å². The number of ether oxygens (including phenoxy) is 2. The Morgan fingerprint density at radius 1 is 1.13 bits per heavy atom. The molecular weight excluding hydrogens is 739 g/mol. The maximum absolute atomic E-state index is 15.5. The Bertz CT molecular complexity index is 1970. The van der Waals surface area contributed by atoms with E-state index in [-0.39, 0.29) is 68.8 Å². The number of aliphatic imine (C=N–C) groups is 1. The van der Waals surface area contributed by atoms with Gasteiger partial charge in [-0.2, -0.15) is 5.26 Å². The van der Waals surface area contributed by atoms with Crippen molar-refractivity contribution in [2.45, 2.75) is 37.9 Å². The number of benzene rings is 3. The lowest BCUT2D eigenvalue weighted by atomic mass is 9.76. The Balaban J connectivity index is 0.00000364. The second-order valence-electron chi connectivity index (χ2n) is 11.4. The number of amidine groups is 1. The van der Waals surface area contributed by atoms with Crippen LogP contribution in [0.25, 0.3) is 11.3 Å². The number of halogens is 4. The Kier molecular flexibility index (Phi) is 15.2. The normalized spacial score (nSPS) is 13.3. The molecule has 1 aliphatic rings. The lowest BCUT2D eigenvalue weighted by molar-refractivity contribution is -0.143. The monoisotopic (exact) mass is 772 g/mol. The Labute approximate surface area is 314 Å². The third-order valence-electron chi connectivity index (χ3n) is 7.84.